The van der Waals surface area contributed by atoms with E-state index in [1.54, 1.807) is 0 Å². The SMILES string of the molecule is CC(C)(C)c1ccc2c(c1)c1cc(C(C)(C)C)ccc1n2-c1cc(-n2c3ccccc3c3ccccc32)nc(-c2cc([Si](c3ccc(-c4ccccc4)cc3)(c3ccc(-c4ccccc4)cc3)c3ccc(-c4ccccc4)cc3)cc([Si](c3ccc(-c4ccccc4)cc3)(c3ccc(-c4ccccc4)cc3)c3ccc(-c4ccccc4)cc3)c2)n1. The fourth-order valence-electron chi connectivity index (χ4n) is 18.6. The van der Waals surface area contributed by atoms with Crippen molar-refractivity contribution >= 4 is 101 Å². The van der Waals surface area contributed by atoms with E-state index in [1.165, 1.54) is 63.4 Å². The molecule has 20 aromatic rings. The van der Waals surface area contributed by atoms with Crippen LogP contribution < -0.4 is 41.5 Å². The summed E-state index contributed by atoms with van der Waals surface area (Å²) in [4.78, 5) is 12.5. The third-order valence-corrected chi connectivity index (χ3v) is 34.3. The number of fused-ring (bicyclic) bond motifs is 6. The van der Waals surface area contributed by atoms with Crippen molar-refractivity contribution in [1.29, 1.82) is 0 Å². The zero-order valence-corrected chi connectivity index (χ0v) is 70.4. The first-order chi connectivity index (χ1) is 58.7. The molecular weight excluding hydrogens is 1480 g/mol. The minimum Gasteiger partial charge on any atom is -0.294 e. The van der Waals surface area contributed by atoms with Crippen LogP contribution in [-0.4, -0.2) is 35.2 Å². The number of nitrogens with zero attached hydrogens (tertiary/aromatic N) is 4. The van der Waals surface area contributed by atoms with Gasteiger partial charge in [0.15, 0.2) is 22.0 Å². The minimum absolute atomic E-state index is 0.120. The minimum atomic E-state index is -3.77. The summed E-state index contributed by atoms with van der Waals surface area (Å²) in [6, 6.07) is 165. The van der Waals surface area contributed by atoms with E-state index in [9.17, 15) is 0 Å². The molecule has 0 aliphatic heterocycles. The van der Waals surface area contributed by atoms with E-state index < -0.39 is 16.1 Å². The van der Waals surface area contributed by atoms with Gasteiger partial charge in [-0.05, 0) is 167 Å². The maximum Gasteiger partial charge on any atom is 0.179 e. The van der Waals surface area contributed by atoms with Crippen molar-refractivity contribution in [2.45, 2.75) is 52.4 Å². The monoisotopic (exact) mass is 1570 g/mol. The molecule has 0 aliphatic rings. The van der Waals surface area contributed by atoms with Gasteiger partial charge in [0.2, 0.25) is 0 Å². The summed E-state index contributed by atoms with van der Waals surface area (Å²) in [6.45, 7) is 13.9. The van der Waals surface area contributed by atoms with Gasteiger partial charge in [0.25, 0.3) is 0 Å². The molecule has 4 nitrogen and oxygen atoms in total. The van der Waals surface area contributed by atoms with Crippen molar-refractivity contribution in [2.24, 2.45) is 0 Å². The van der Waals surface area contributed by atoms with Crippen LogP contribution in [0.3, 0.4) is 0 Å². The van der Waals surface area contributed by atoms with Crippen molar-refractivity contribution < 1.29 is 0 Å². The predicted octanol–water partition coefficient (Wildman–Crippen LogP) is 23.7. The molecule has 574 valence electrons. The molecule has 0 amide bonds. The molecule has 17 aromatic carbocycles. The Balaban J connectivity index is 0.971. The Morgan fingerprint density at radius 3 is 0.658 bits per heavy atom. The summed E-state index contributed by atoms with van der Waals surface area (Å²) in [5.74, 6) is 2.12. The van der Waals surface area contributed by atoms with E-state index in [0.29, 0.717) is 5.82 Å². The summed E-state index contributed by atoms with van der Waals surface area (Å²) in [7, 11) is -7.54. The van der Waals surface area contributed by atoms with Crippen LogP contribution in [0.4, 0.5) is 0 Å². The Hall–Kier alpha value is -14.1. The van der Waals surface area contributed by atoms with Crippen LogP contribution in [0.15, 0.2) is 437 Å². The van der Waals surface area contributed by atoms with Crippen LogP contribution in [0.25, 0.3) is 133 Å². The first-order valence-electron chi connectivity index (χ1n) is 41.8. The molecule has 20 rings (SSSR count). The maximum absolute atomic E-state index is 6.28. The Morgan fingerprint density at radius 2 is 0.408 bits per heavy atom. The highest BCUT2D eigenvalue weighted by Crippen LogP contribution is 2.41. The van der Waals surface area contributed by atoms with Crippen LogP contribution in [0.5, 0.6) is 0 Å². The van der Waals surface area contributed by atoms with Crippen molar-refractivity contribution in [3.63, 3.8) is 0 Å². The Kier molecular flexibility index (Phi) is 19.1. The third-order valence-electron chi connectivity index (χ3n) is 24.8. The zero-order chi connectivity index (χ0) is 81.1. The van der Waals surface area contributed by atoms with E-state index in [4.69, 9.17) is 9.97 Å². The van der Waals surface area contributed by atoms with Gasteiger partial charge in [0.1, 0.15) is 11.6 Å². The lowest BCUT2D eigenvalue weighted by Crippen LogP contribution is -2.78. The Morgan fingerprint density at radius 1 is 0.183 bits per heavy atom. The second kappa shape index (κ2) is 30.7. The standard InChI is InChI=1S/C114H90N4Si2/c1-113(2,3)92-57-71-108-104(75-92)105-76-93(114(4,5)6)58-72-109(105)118(108)111-78-110(117-106-43-27-25-41-102(106)103-42-26-28-44-107(103)117)115-112(116-111)91-73-100(119(94-59-45-85(46-60-94)79-29-13-7-14-30-79,95-61-47-86(48-62-95)80-31-15-8-16-32-80)96-63-49-87(50-64-96)81-33-17-9-18-34-81)77-101(74-91)120(97-65-51-88(52-66-97)82-35-19-10-20-36-82,98-67-53-89(54-68-98)83-37-21-11-22-38-83)99-69-55-90(56-70-99)84-39-23-12-24-40-84/h7-78H,1-6H3. The summed E-state index contributed by atoms with van der Waals surface area (Å²) in [5, 5.41) is 14.5. The normalized spacial score (nSPS) is 12.1. The topological polar surface area (TPSA) is 35.6 Å². The number of para-hydroxylation sites is 2. The molecule has 0 aliphatic carbocycles. The lowest BCUT2D eigenvalue weighted by atomic mass is 9.85. The molecule has 120 heavy (non-hydrogen) atoms. The number of benzene rings is 17. The average molecular weight is 1570 g/mol. The molecule has 0 fully saturated rings. The Bertz CT molecular complexity index is 6320. The fourth-order valence-corrected chi connectivity index (χ4v) is 28.2. The summed E-state index contributed by atoms with van der Waals surface area (Å²) < 4.78 is 4.82. The Labute approximate surface area is 705 Å². The van der Waals surface area contributed by atoms with E-state index in [-0.39, 0.29) is 10.8 Å². The maximum atomic E-state index is 6.28. The van der Waals surface area contributed by atoms with Gasteiger partial charge in [-0.3, -0.25) is 9.13 Å². The molecule has 3 heterocycles. The zero-order valence-electron chi connectivity index (χ0n) is 68.4. The van der Waals surface area contributed by atoms with Crippen molar-refractivity contribution in [3.05, 3.63) is 448 Å². The highest BCUT2D eigenvalue weighted by Gasteiger charge is 2.47. The molecule has 0 saturated carbocycles. The second-order valence-electron chi connectivity index (χ2n) is 34.0. The lowest BCUT2D eigenvalue weighted by molar-refractivity contribution is 0.590. The van der Waals surface area contributed by atoms with Gasteiger partial charge in [-0.15, -0.1) is 0 Å². The molecule has 0 bridgehead atoms. The molecule has 0 radical (unpaired) electrons. The van der Waals surface area contributed by atoms with Crippen LogP contribution in [0.2, 0.25) is 0 Å². The van der Waals surface area contributed by atoms with Gasteiger partial charge in [-0.1, -0.05) is 436 Å². The van der Waals surface area contributed by atoms with Crippen LogP contribution in [0.1, 0.15) is 52.7 Å². The number of hydrogen-bond donors (Lipinski definition) is 0. The molecule has 0 saturated heterocycles. The third kappa shape index (κ3) is 13.4. The molecule has 0 unspecified atom stereocenters. The highest BCUT2D eigenvalue weighted by molar-refractivity contribution is 7.22. The van der Waals surface area contributed by atoms with E-state index in [1.807, 2.05) is 0 Å². The van der Waals surface area contributed by atoms with Gasteiger partial charge >= 0.3 is 0 Å². The van der Waals surface area contributed by atoms with Crippen molar-refractivity contribution in [2.75, 3.05) is 0 Å². The summed E-state index contributed by atoms with van der Waals surface area (Å²) in [5.41, 5.74) is 21.3. The first kappa shape index (κ1) is 74.7. The number of hydrogen-bond acceptors (Lipinski definition) is 2. The van der Waals surface area contributed by atoms with Gasteiger partial charge in [-0.2, -0.15) is 0 Å². The molecule has 0 spiro atoms. The molecule has 0 atom stereocenters. The van der Waals surface area contributed by atoms with Crippen LogP contribution in [-0.2, 0) is 10.8 Å². The summed E-state index contributed by atoms with van der Waals surface area (Å²) >= 11 is 0. The van der Waals surface area contributed by atoms with Crippen molar-refractivity contribution in [3.8, 4) is 89.8 Å². The first-order valence-corrected chi connectivity index (χ1v) is 45.8. The molecular formula is C114H90N4Si2. The van der Waals surface area contributed by atoms with Gasteiger partial charge < -0.3 is 0 Å². The predicted molar refractivity (Wildman–Crippen MR) is 513 cm³/mol. The molecule has 3 aromatic heterocycles. The quantitative estimate of drug-likeness (QED) is 0.0673. The molecule has 0 N–H and O–H groups in total. The van der Waals surface area contributed by atoms with Crippen LogP contribution in [0, 0.1) is 0 Å². The molecule has 6 heteroatoms. The number of rotatable bonds is 17. The van der Waals surface area contributed by atoms with E-state index in [0.717, 1.165) is 117 Å². The highest BCUT2D eigenvalue weighted by atomic mass is 28.3. The second-order valence-corrected chi connectivity index (χ2v) is 41.7. The van der Waals surface area contributed by atoms with Gasteiger partial charge in [0.05, 0.1) is 22.1 Å². The summed E-state index contributed by atoms with van der Waals surface area (Å²) in [6.07, 6.45) is 0. The largest absolute Gasteiger partial charge is 0.294 e. The van der Waals surface area contributed by atoms with Gasteiger partial charge in [-0.25, -0.2) is 9.97 Å². The smallest absolute Gasteiger partial charge is 0.179 e. The van der Waals surface area contributed by atoms with Crippen LogP contribution >= 0.6 is 0 Å². The number of aromatic nitrogens is 4. The average Bonchev–Trinajstić information content (AvgIpc) is 0.792. The van der Waals surface area contributed by atoms with E-state index in [2.05, 4.69) is 487 Å². The fraction of sp³-hybridized carbons (Fsp3) is 0.0702. The van der Waals surface area contributed by atoms with Crippen molar-refractivity contribution in [1.82, 2.24) is 19.1 Å². The van der Waals surface area contributed by atoms with E-state index >= 15 is 0 Å². The lowest BCUT2D eigenvalue weighted by Gasteiger charge is -2.39. The van der Waals surface area contributed by atoms with Gasteiger partial charge in [0, 0.05) is 33.2 Å².